The molecule has 0 unspecified atom stereocenters. The van der Waals surface area contributed by atoms with Crippen molar-refractivity contribution in [3.05, 3.63) is 65.2 Å². The minimum Gasteiger partial charge on any atom is -0.454 e. The number of amides is 1. The van der Waals surface area contributed by atoms with Crippen LogP contribution in [-0.2, 0) is 14.3 Å². The Morgan fingerprint density at radius 1 is 1.11 bits per heavy atom. The number of anilines is 1. The van der Waals surface area contributed by atoms with E-state index in [1.165, 1.54) is 24.8 Å². The highest BCUT2D eigenvalue weighted by molar-refractivity contribution is 7.98. The number of aryl methyl sites for hydroxylation is 1. The molecule has 1 amide bonds. The first-order valence-electron chi connectivity index (χ1n) is 8.29. The zero-order valence-corrected chi connectivity index (χ0v) is 16.3. The van der Waals surface area contributed by atoms with Crippen molar-refractivity contribution >= 4 is 41.2 Å². The van der Waals surface area contributed by atoms with Crippen LogP contribution < -0.4 is 5.32 Å². The van der Waals surface area contributed by atoms with Crippen LogP contribution in [0.1, 0.15) is 28.4 Å². The molecule has 0 radical (unpaired) electrons. The zero-order valence-electron chi connectivity index (χ0n) is 15.4. The summed E-state index contributed by atoms with van der Waals surface area (Å²) >= 11 is 1.46. The summed E-state index contributed by atoms with van der Waals surface area (Å²) in [6, 6.07) is 12.7. The van der Waals surface area contributed by atoms with Crippen molar-refractivity contribution in [3.8, 4) is 0 Å². The number of ether oxygens (including phenoxy) is 1. The Bertz CT molecular complexity index is 872. The van der Waals surface area contributed by atoms with Gasteiger partial charge in [0.1, 0.15) is 0 Å². The number of thioether (sulfide) groups is 1. The van der Waals surface area contributed by atoms with E-state index in [-0.39, 0.29) is 18.3 Å². The first-order valence-corrected chi connectivity index (χ1v) is 9.52. The third kappa shape index (κ3) is 6.42. The average Bonchev–Trinajstić information content (AvgIpc) is 2.65. The van der Waals surface area contributed by atoms with Gasteiger partial charge in [-0.3, -0.25) is 9.59 Å². The summed E-state index contributed by atoms with van der Waals surface area (Å²) < 4.78 is 5.01. The summed E-state index contributed by atoms with van der Waals surface area (Å²) in [7, 11) is 0. The second-order valence-electron chi connectivity index (χ2n) is 5.87. The van der Waals surface area contributed by atoms with Crippen LogP contribution in [0, 0.1) is 6.92 Å². The van der Waals surface area contributed by atoms with Gasteiger partial charge in [0.15, 0.2) is 12.4 Å². The van der Waals surface area contributed by atoms with E-state index >= 15 is 0 Å². The van der Waals surface area contributed by atoms with Crippen molar-refractivity contribution in [2.24, 2.45) is 0 Å². The molecule has 27 heavy (non-hydrogen) atoms. The van der Waals surface area contributed by atoms with Gasteiger partial charge in [0.05, 0.1) is 5.69 Å². The molecule has 0 spiro atoms. The lowest BCUT2D eigenvalue weighted by molar-refractivity contribution is -0.136. The van der Waals surface area contributed by atoms with Gasteiger partial charge >= 0.3 is 5.97 Å². The van der Waals surface area contributed by atoms with Crippen molar-refractivity contribution in [2.75, 3.05) is 18.2 Å². The van der Waals surface area contributed by atoms with Crippen molar-refractivity contribution in [1.29, 1.82) is 0 Å². The molecule has 2 aromatic rings. The highest BCUT2D eigenvalue weighted by atomic mass is 32.2. The highest BCUT2D eigenvalue weighted by Gasteiger charge is 2.12. The van der Waals surface area contributed by atoms with Gasteiger partial charge in [0, 0.05) is 23.5 Å². The van der Waals surface area contributed by atoms with Crippen molar-refractivity contribution in [2.45, 2.75) is 18.7 Å². The summed E-state index contributed by atoms with van der Waals surface area (Å²) in [5, 5.41) is 2.70. The molecule has 0 aliphatic heterocycles. The molecule has 5 nitrogen and oxygen atoms in total. The second kappa shape index (κ2) is 9.73. The minimum absolute atomic E-state index is 0.220. The number of benzene rings is 2. The van der Waals surface area contributed by atoms with E-state index in [0.29, 0.717) is 11.3 Å². The number of carbonyl (C=O) groups is 3. The van der Waals surface area contributed by atoms with Gasteiger partial charge in [0.2, 0.25) is 5.91 Å². The van der Waals surface area contributed by atoms with E-state index in [2.05, 4.69) is 5.32 Å². The fraction of sp³-hybridized carbons (Fsp3) is 0.190. The van der Waals surface area contributed by atoms with Crippen LogP contribution in [0.4, 0.5) is 5.69 Å². The molecule has 0 atom stereocenters. The molecule has 6 heteroatoms. The van der Waals surface area contributed by atoms with Crippen LogP contribution in [-0.4, -0.2) is 30.5 Å². The Morgan fingerprint density at radius 3 is 2.44 bits per heavy atom. The lowest BCUT2D eigenvalue weighted by atomic mass is 10.1. The summed E-state index contributed by atoms with van der Waals surface area (Å²) in [5.41, 5.74) is 2.93. The SMILES string of the molecule is CSc1ccc(C(=O)COC(=O)/C=C/c2ccc(C)cc2)cc1NC(C)=O. The largest absolute Gasteiger partial charge is 0.454 e. The van der Waals surface area contributed by atoms with E-state index in [1.54, 1.807) is 24.3 Å². The van der Waals surface area contributed by atoms with Gasteiger partial charge in [-0.25, -0.2) is 4.79 Å². The minimum atomic E-state index is -0.591. The van der Waals surface area contributed by atoms with Gasteiger partial charge in [0.25, 0.3) is 0 Å². The number of esters is 1. The molecular formula is C21H21NO4S. The number of carbonyl (C=O) groups excluding carboxylic acids is 3. The topological polar surface area (TPSA) is 72.5 Å². The molecule has 0 fully saturated rings. The maximum atomic E-state index is 12.3. The number of hydrogen-bond acceptors (Lipinski definition) is 5. The monoisotopic (exact) mass is 383 g/mol. The lowest BCUT2D eigenvalue weighted by Crippen LogP contribution is -2.14. The van der Waals surface area contributed by atoms with E-state index in [1.807, 2.05) is 37.4 Å². The molecule has 140 valence electrons. The Morgan fingerprint density at radius 2 is 1.81 bits per heavy atom. The average molecular weight is 383 g/mol. The number of Topliss-reactive ketones (excluding diaryl/α,β-unsaturated/α-hetero) is 1. The summed E-state index contributed by atoms with van der Waals surface area (Å²) in [4.78, 5) is 36.2. The molecule has 2 aromatic carbocycles. The molecule has 1 N–H and O–H groups in total. The quantitative estimate of drug-likeness (QED) is 0.337. The Labute approximate surface area is 162 Å². The van der Waals surface area contributed by atoms with Gasteiger partial charge in [-0.05, 0) is 37.0 Å². The lowest BCUT2D eigenvalue weighted by Gasteiger charge is -2.10. The molecular weight excluding hydrogens is 362 g/mol. The highest BCUT2D eigenvalue weighted by Crippen LogP contribution is 2.26. The van der Waals surface area contributed by atoms with Crippen LogP contribution in [0.3, 0.4) is 0 Å². The van der Waals surface area contributed by atoms with Crippen molar-refractivity contribution in [1.82, 2.24) is 0 Å². The van der Waals surface area contributed by atoms with E-state index < -0.39 is 5.97 Å². The predicted octanol–water partition coefficient (Wildman–Crippen LogP) is 4.11. The maximum Gasteiger partial charge on any atom is 0.331 e. The fourth-order valence-electron chi connectivity index (χ4n) is 2.28. The van der Waals surface area contributed by atoms with Crippen LogP contribution in [0.5, 0.6) is 0 Å². The van der Waals surface area contributed by atoms with Gasteiger partial charge < -0.3 is 10.1 Å². The molecule has 0 aromatic heterocycles. The summed E-state index contributed by atoms with van der Waals surface area (Å²) in [6.07, 6.45) is 4.80. The molecule has 2 rings (SSSR count). The third-order valence-electron chi connectivity index (χ3n) is 3.67. The Hall–Kier alpha value is -2.86. The molecule has 0 bridgehead atoms. The zero-order chi connectivity index (χ0) is 19.8. The molecule has 0 saturated heterocycles. The number of ketones is 1. The van der Waals surface area contributed by atoms with Crippen LogP contribution in [0.2, 0.25) is 0 Å². The Balaban J connectivity index is 1.97. The van der Waals surface area contributed by atoms with Crippen LogP contribution >= 0.6 is 11.8 Å². The van der Waals surface area contributed by atoms with E-state index in [9.17, 15) is 14.4 Å². The molecule has 0 saturated carbocycles. The second-order valence-corrected chi connectivity index (χ2v) is 6.72. The number of nitrogens with one attached hydrogen (secondary N) is 1. The van der Waals surface area contributed by atoms with Gasteiger partial charge in [-0.1, -0.05) is 35.9 Å². The predicted molar refractivity (Wildman–Crippen MR) is 108 cm³/mol. The van der Waals surface area contributed by atoms with E-state index in [0.717, 1.165) is 16.0 Å². The maximum absolute atomic E-state index is 12.3. The van der Waals surface area contributed by atoms with Crippen molar-refractivity contribution < 1.29 is 19.1 Å². The third-order valence-corrected chi connectivity index (χ3v) is 4.46. The Kier molecular flexibility index (Phi) is 7.37. The summed E-state index contributed by atoms with van der Waals surface area (Å²) in [5.74, 6) is -1.15. The number of rotatable bonds is 7. The molecule has 0 aliphatic rings. The molecule has 0 aliphatic carbocycles. The normalized spacial score (nSPS) is 10.6. The van der Waals surface area contributed by atoms with E-state index in [4.69, 9.17) is 4.74 Å². The fourth-order valence-corrected chi connectivity index (χ4v) is 2.81. The van der Waals surface area contributed by atoms with Gasteiger partial charge in [-0.15, -0.1) is 11.8 Å². The summed E-state index contributed by atoms with van der Waals surface area (Å²) in [6.45, 7) is 3.02. The standard InChI is InChI=1S/C21H21NO4S/c1-14-4-6-16(7-5-14)8-11-21(25)26-13-19(24)17-9-10-20(27-3)18(12-17)22-15(2)23/h4-12H,13H2,1-3H3,(H,22,23)/b11-8+. The van der Waals surface area contributed by atoms with Crippen LogP contribution in [0.15, 0.2) is 53.4 Å². The number of hydrogen-bond donors (Lipinski definition) is 1. The van der Waals surface area contributed by atoms with Gasteiger partial charge in [-0.2, -0.15) is 0 Å². The smallest absolute Gasteiger partial charge is 0.331 e. The van der Waals surface area contributed by atoms with Crippen LogP contribution in [0.25, 0.3) is 6.08 Å². The van der Waals surface area contributed by atoms with Crippen molar-refractivity contribution in [3.63, 3.8) is 0 Å². The first-order chi connectivity index (χ1) is 12.9. The first kappa shape index (κ1) is 20.5. The molecule has 0 heterocycles.